The Morgan fingerprint density at radius 3 is 2.57 bits per heavy atom. The minimum atomic E-state index is -0.509. The van der Waals surface area contributed by atoms with E-state index >= 15 is 0 Å². The van der Waals surface area contributed by atoms with Gasteiger partial charge in [-0.15, -0.1) is 11.3 Å². The van der Waals surface area contributed by atoms with Gasteiger partial charge in [0.2, 0.25) is 0 Å². The van der Waals surface area contributed by atoms with Crippen molar-refractivity contribution in [3.05, 3.63) is 52.5 Å². The van der Waals surface area contributed by atoms with Gasteiger partial charge in [0.15, 0.2) is 0 Å². The van der Waals surface area contributed by atoms with Gasteiger partial charge >= 0.3 is 0 Å². The van der Waals surface area contributed by atoms with Crippen LogP contribution in [0.2, 0.25) is 0 Å². The molecular weight excluding hydrogens is 280 g/mol. The van der Waals surface area contributed by atoms with E-state index < -0.39 is 5.60 Å². The fourth-order valence-electron chi connectivity index (χ4n) is 3.16. The maximum atomic E-state index is 10.7. The second kappa shape index (κ2) is 6.69. The molecule has 1 N–H and O–H groups in total. The van der Waals surface area contributed by atoms with Gasteiger partial charge in [-0.25, -0.2) is 4.98 Å². The highest BCUT2D eigenvalue weighted by Crippen LogP contribution is 2.31. The van der Waals surface area contributed by atoms with Crippen molar-refractivity contribution < 1.29 is 5.11 Å². The lowest BCUT2D eigenvalue weighted by Gasteiger charge is -2.31. The third kappa shape index (κ3) is 4.13. The zero-order valence-electron chi connectivity index (χ0n) is 12.2. The van der Waals surface area contributed by atoms with Crippen LogP contribution in [0.4, 0.5) is 0 Å². The van der Waals surface area contributed by atoms with E-state index in [9.17, 15) is 5.11 Å². The summed E-state index contributed by atoms with van der Waals surface area (Å²) in [5.41, 5.74) is 3.75. The molecule has 3 nitrogen and oxygen atoms in total. The highest BCUT2D eigenvalue weighted by atomic mass is 32.1. The Labute approximate surface area is 130 Å². The lowest BCUT2D eigenvalue weighted by atomic mass is 10.0. The second-order valence-electron chi connectivity index (χ2n) is 6.04. The Hall–Kier alpha value is -1.23. The van der Waals surface area contributed by atoms with Gasteiger partial charge in [-0.2, -0.15) is 0 Å². The summed E-state index contributed by atoms with van der Waals surface area (Å²) >= 11 is 1.63. The molecule has 1 aliphatic rings. The van der Waals surface area contributed by atoms with Crippen LogP contribution in [0.25, 0.3) is 0 Å². The molecule has 112 valence electrons. The predicted octanol–water partition coefficient (Wildman–Crippen LogP) is 3.45. The van der Waals surface area contributed by atoms with Crippen LogP contribution in [0, 0.1) is 0 Å². The lowest BCUT2D eigenvalue weighted by Crippen LogP contribution is -2.40. The quantitative estimate of drug-likeness (QED) is 0.888. The first-order valence-electron chi connectivity index (χ1n) is 7.59. The predicted molar refractivity (Wildman–Crippen MR) is 86.1 cm³/mol. The lowest BCUT2D eigenvalue weighted by molar-refractivity contribution is 0.00425. The van der Waals surface area contributed by atoms with Gasteiger partial charge in [-0.05, 0) is 18.4 Å². The molecule has 0 amide bonds. The van der Waals surface area contributed by atoms with E-state index in [1.54, 1.807) is 11.3 Å². The molecule has 0 radical (unpaired) electrons. The van der Waals surface area contributed by atoms with E-state index in [4.69, 9.17) is 0 Å². The molecule has 1 fully saturated rings. The van der Waals surface area contributed by atoms with Crippen LogP contribution in [0.3, 0.4) is 0 Å². The summed E-state index contributed by atoms with van der Waals surface area (Å²) in [6.45, 7) is 2.40. The van der Waals surface area contributed by atoms with E-state index in [1.807, 2.05) is 11.6 Å². The van der Waals surface area contributed by atoms with Gasteiger partial charge in [0.25, 0.3) is 0 Å². The van der Waals surface area contributed by atoms with Gasteiger partial charge in [-0.3, -0.25) is 4.90 Å². The fourth-order valence-corrected chi connectivity index (χ4v) is 3.71. The molecule has 3 rings (SSSR count). The van der Waals surface area contributed by atoms with Gasteiger partial charge in [0.1, 0.15) is 0 Å². The van der Waals surface area contributed by atoms with E-state index in [2.05, 4.69) is 39.5 Å². The zero-order valence-corrected chi connectivity index (χ0v) is 13.1. The molecule has 0 atom stereocenters. The summed E-state index contributed by atoms with van der Waals surface area (Å²) in [7, 11) is 0. The topological polar surface area (TPSA) is 36.4 Å². The molecule has 1 aliphatic carbocycles. The van der Waals surface area contributed by atoms with E-state index in [0.29, 0.717) is 0 Å². The van der Waals surface area contributed by atoms with Crippen LogP contribution in [0.15, 0.2) is 41.2 Å². The van der Waals surface area contributed by atoms with Gasteiger partial charge in [-0.1, -0.05) is 43.2 Å². The highest BCUT2D eigenvalue weighted by Gasteiger charge is 2.33. The Balaban J connectivity index is 1.70. The summed E-state index contributed by atoms with van der Waals surface area (Å²) in [5.74, 6) is 0. The van der Waals surface area contributed by atoms with Crippen molar-refractivity contribution >= 4 is 11.3 Å². The van der Waals surface area contributed by atoms with Crippen molar-refractivity contribution in [1.82, 2.24) is 9.88 Å². The second-order valence-corrected chi connectivity index (χ2v) is 6.76. The number of hydrogen-bond donors (Lipinski definition) is 1. The van der Waals surface area contributed by atoms with Crippen molar-refractivity contribution in [2.75, 3.05) is 6.54 Å². The van der Waals surface area contributed by atoms with Crippen LogP contribution >= 0.6 is 11.3 Å². The van der Waals surface area contributed by atoms with Crippen molar-refractivity contribution in [2.24, 2.45) is 0 Å². The molecule has 4 heteroatoms. The summed E-state index contributed by atoms with van der Waals surface area (Å²) in [6, 6.07) is 10.5. The average molecular weight is 302 g/mol. The molecule has 0 spiro atoms. The maximum Gasteiger partial charge on any atom is 0.0795 e. The van der Waals surface area contributed by atoms with E-state index in [0.717, 1.165) is 51.0 Å². The molecule has 0 bridgehead atoms. The summed E-state index contributed by atoms with van der Waals surface area (Å²) in [4.78, 5) is 6.72. The number of aliphatic hydroxyl groups is 1. The first-order chi connectivity index (χ1) is 10.2. The van der Waals surface area contributed by atoms with Crippen molar-refractivity contribution in [3.63, 3.8) is 0 Å². The number of hydrogen-bond acceptors (Lipinski definition) is 4. The van der Waals surface area contributed by atoms with Crippen LogP contribution in [0.5, 0.6) is 0 Å². The molecule has 0 saturated heterocycles. The number of rotatable bonds is 6. The van der Waals surface area contributed by atoms with Crippen LogP contribution in [0.1, 0.15) is 36.9 Å². The largest absolute Gasteiger partial charge is 0.389 e. The Morgan fingerprint density at radius 2 is 1.90 bits per heavy atom. The Bertz CT molecular complexity index is 535. The third-order valence-corrected chi connectivity index (χ3v) is 4.81. The number of nitrogens with zero attached hydrogens (tertiary/aromatic N) is 2. The number of benzene rings is 1. The van der Waals surface area contributed by atoms with E-state index in [-0.39, 0.29) is 0 Å². The first-order valence-corrected chi connectivity index (χ1v) is 8.54. The molecular formula is C17H22N2OS. The summed E-state index contributed by atoms with van der Waals surface area (Å²) in [5, 5.41) is 12.8. The molecule has 1 heterocycles. The fraction of sp³-hybridized carbons (Fsp3) is 0.471. The highest BCUT2D eigenvalue weighted by molar-refractivity contribution is 7.07. The van der Waals surface area contributed by atoms with Gasteiger partial charge in [0, 0.05) is 25.0 Å². The minimum Gasteiger partial charge on any atom is -0.389 e. The standard InChI is InChI=1S/C17H22N2OS/c20-17(8-4-5-9-17)13-19(11-16-12-21-14-18-16)10-15-6-2-1-3-7-15/h1-3,6-7,12,14,20H,4-5,8-11,13H2. The van der Waals surface area contributed by atoms with Crippen molar-refractivity contribution in [1.29, 1.82) is 0 Å². The molecule has 0 aliphatic heterocycles. The van der Waals surface area contributed by atoms with Gasteiger partial charge in [0.05, 0.1) is 16.8 Å². The smallest absolute Gasteiger partial charge is 0.0795 e. The number of aromatic nitrogens is 1. The van der Waals surface area contributed by atoms with Crippen LogP contribution in [-0.2, 0) is 13.1 Å². The minimum absolute atomic E-state index is 0.509. The SMILES string of the molecule is OC1(CN(Cc2ccccc2)Cc2cscn2)CCCC1. The third-order valence-electron chi connectivity index (χ3n) is 4.17. The Morgan fingerprint density at radius 1 is 1.14 bits per heavy atom. The molecule has 1 saturated carbocycles. The van der Waals surface area contributed by atoms with E-state index in [1.165, 1.54) is 5.56 Å². The Kier molecular flexibility index (Phi) is 4.68. The average Bonchev–Trinajstić information content (AvgIpc) is 3.12. The van der Waals surface area contributed by atoms with Crippen LogP contribution < -0.4 is 0 Å². The van der Waals surface area contributed by atoms with Crippen LogP contribution in [-0.4, -0.2) is 27.1 Å². The van der Waals surface area contributed by atoms with Crippen molar-refractivity contribution in [3.8, 4) is 0 Å². The molecule has 2 aromatic rings. The molecule has 1 aromatic heterocycles. The normalized spacial score (nSPS) is 17.4. The van der Waals surface area contributed by atoms with Crippen molar-refractivity contribution in [2.45, 2.75) is 44.4 Å². The first kappa shape index (κ1) is 14.7. The summed E-state index contributed by atoms with van der Waals surface area (Å²) < 4.78 is 0. The molecule has 0 unspecified atom stereocenters. The van der Waals surface area contributed by atoms with Gasteiger partial charge < -0.3 is 5.11 Å². The monoisotopic (exact) mass is 302 g/mol. The number of thiazole rings is 1. The maximum absolute atomic E-state index is 10.7. The molecule has 1 aromatic carbocycles. The summed E-state index contributed by atoms with van der Waals surface area (Å²) in [6.07, 6.45) is 4.14. The molecule has 21 heavy (non-hydrogen) atoms. The zero-order chi connectivity index (χ0) is 14.5.